The maximum atomic E-state index is 12.1. The van der Waals surface area contributed by atoms with Crippen LogP contribution in [0.25, 0.3) is 0 Å². The lowest BCUT2D eigenvalue weighted by molar-refractivity contribution is -0.132. The van der Waals surface area contributed by atoms with E-state index in [1.807, 2.05) is 12.1 Å². The first-order valence-corrected chi connectivity index (χ1v) is 7.02. The summed E-state index contributed by atoms with van der Waals surface area (Å²) in [5.74, 6) is 1.29. The zero-order valence-electron chi connectivity index (χ0n) is 12.4. The third-order valence-electron chi connectivity index (χ3n) is 3.61. The molecule has 116 valence electrons. The number of benzene rings is 1. The van der Waals surface area contributed by atoms with Gasteiger partial charge in [-0.05, 0) is 25.0 Å². The van der Waals surface area contributed by atoms with E-state index in [-0.39, 0.29) is 12.0 Å². The van der Waals surface area contributed by atoms with Crippen molar-refractivity contribution in [2.24, 2.45) is 5.73 Å². The number of nitrogens with two attached hydrogens (primary N) is 1. The molecule has 0 aromatic heterocycles. The number of amides is 1. The van der Waals surface area contributed by atoms with E-state index in [9.17, 15) is 4.79 Å². The summed E-state index contributed by atoms with van der Waals surface area (Å²) in [5.41, 5.74) is 6.43. The highest BCUT2D eigenvalue weighted by molar-refractivity contribution is 5.81. The van der Waals surface area contributed by atoms with Gasteiger partial charge in [0.25, 0.3) is 0 Å². The van der Waals surface area contributed by atoms with Gasteiger partial charge in [-0.15, -0.1) is 0 Å². The van der Waals surface area contributed by atoms with E-state index in [0.29, 0.717) is 31.0 Å². The van der Waals surface area contributed by atoms with Gasteiger partial charge in [0.2, 0.25) is 5.91 Å². The molecule has 1 amide bonds. The van der Waals surface area contributed by atoms with Gasteiger partial charge < -0.3 is 25.3 Å². The number of nitrogens with one attached hydrogen (secondary N) is 1. The van der Waals surface area contributed by atoms with Crippen molar-refractivity contribution in [1.82, 2.24) is 5.32 Å². The lowest BCUT2D eigenvalue weighted by Crippen LogP contribution is -2.35. The molecule has 0 spiro atoms. The zero-order valence-corrected chi connectivity index (χ0v) is 12.4. The first-order valence-electron chi connectivity index (χ1n) is 7.02. The van der Waals surface area contributed by atoms with Gasteiger partial charge in [-0.2, -0.15) is 0 Å². The van der Waals surface area contributed by atoms with Crippen LogP contribution < -0.4 is 20.5 Å². The van der Waals surface area contributed by atoms with Gasteiger partial charge in [-0.1, -0.05) is 0 Å². The van der Waals surface area contributed by atoms with E-state index in [1.165, 1.54) is 0 Å². The van der Waals surface area contributed by atoms with Gasteiger partial charge in [0.15, 0.2) is 0 Å². The number of rotatable bonds is 6. The molecule has 1 aliphatic heterocycles. The predicted molar refractivity (Wildman–Crippen MR) is 78.3 cm³/mol. The molecule has 2 atom stereocenters. The molecular formula is C15H22N2O4. The highest BCUT2D eigenvalue weighted by Crippen LogP contribution is 2.25. The summed E-state index contributed by atoms with van der Waals surface area (Å²) in [6, 6.07) is 5.49. The van der Waals surface area contributed by atoms with Crippen molar-refractivity contribution in [2.45, 2.75) is 31.6 Å². The van der Waals surface area contributed by atoms with Crippen LogP contribution in [0.2, 0.25) is 0 Å². The van der Waals surface area contributed by atoms with E-state index >= 15 is 0 Å². The van der Waals surface area contributed by atoms with Crippen molar-refractivity contribution in [2.75, 3.05) is 20.8 Å². The number of ether oxygens (including phenoxy) is 3. The van der Waals surface area contributed by atoms with E-state index in [2.05, 4.69) is 5.32 Å². The van der Waals surface area contributed by atoms with E-state index in [0.717, 1.165) is 12.0 Å². The topological polar surface area (TPSA) is 82.8 Å². The molecule has 1 heterocycles. The highest BCUT2D eigenvalue weighted by Gasteiger charge is 2.29. The van der Waals surface area contributed by atoms with Gasteiger partial charge in [-0.3, -0.25) is 4.79 Å². The first kappa shape index (κ1) is 15.6. The summed E-state index contributed by atoms with van der Waals surface area (Å²) in [4.78, 5) is 12.1. The maximum Gasteiger partial charge on any atom is 0.249 e. The monoisotopic (exact) mass is 294 g/mol. The second kappa shape index (κ2) is 7.28. The Labute approximate surface area is 124 Å². The Morgan fingerprint density at radius 1 is 1.38 bits per heavy atom. The van der Waals surface area contributed by atoms with Gasteiger partial charge in [-0.25, -0.2) is 0 Å². The average Bonchev–Trinajstić information content (AvgIpc) is 3.01. The second-order valence-electron chi connectivity index (χ2n) is 4.96. The lowest BCUT2D eigenvalue weighted by Gasteiger charge is -2.14. The first-order chi connectivity index (χ1) is 10.2. The van der Waals surface area contributed by atoms with Crippen LogP contribution in [-0.4, -0.2) is 38.9 Å². The normalized spacial score (nSPS) is 21.1. The van der Waals surface area contributed by atoms with E-state index in [1.54, 1.807) is 20.3 Å². The maximum absolute atomic E-state index is 12.1. The van der Waals surface area contributed by atoms with Gasteiger partial charge in [0.05, 0.1) is 20.3 Å². The van der Waals surface area contributed by atoms with Gasteiger partial charge >= 0.3 is 0 Å². The fourth-order valence-corrected chi connectivity index (χ4v) is 2.37. The molecule has 0 aliphatic carbocycles. The number of hydrogen-bond donors (Lipinski definition) is 2. The van der Waals surface area contributed by atoms with Crippen LogP contribution in [0, 0.1) is 0 Å². The van der Waals surface area contributed by atoms with Crippen LogP contribution in [-0.2, 0) is 16.1 Å². The molecule has 0 radical (unpaired) electrons. The van der Waals surface area contributed by atoms with Crippen LogP contribution >= 0.6 is 0 Å². The molecule has 6 heteroatoms. The van der Waals surface area contributed by atoms with Gasteiger partial charge in [0.1, 0.15) is 17.6 Å². The van der Waals surface area contributed by atoms with Crippen molar-refractivity contribution < 1.29 is 19.0 Å². The molecule has 1 fully saturated rings. The molecule has 1 aromatic carbocycles. The standard InChI is InChI=1S/C15H22N2O4/c1-19-11-4-3-10(14(7-11)20-2)9-17-15(18)13-6-5-12(8-16)21-13/h3-4,7,12-13H,5-6,8-9,16H2,1-2H3,(H,17,18). The molecule has 1 aromatic rings. The van der Waals surface area contributed by atoms with Crippen LogP contribution in [0.4, 0.5) is 0 Å². The minimum Gasteiger partial charge on any atom is -0.497 e. The second-order valence-corrected chi connectivity index (χ2v) is 4.96. The lowest BCUT2D eigenvalue weighted by atomic mass is 10.1. The van der Waals surface area contributed by atoms with Crippen molar-refractivity contribution in [3.05, 3.63) is 23.8 Å². The van der Waals surface area contributed by atoms with Gasteiger partial charge in [0, 0.05) is 24.7 Å². The third kappa shape index (κ3) is 3.86. The number of hydrogen-bond acceptors (Lipinski definition) is 5. The van der Waals surface area contributed by atoms with Crippen molar-refractivity contribution in [3.8, 4) is 11.5 Å². The Kier molecular flexibility index (Phi) is 5.41. The van der Waals surface area contributed by atoms with Crippen LogP contribution in [0.3, 0.4) is 0 Å². The molecule has 2 rings (SSSR count). The Morgan fingerprint density at radius 2 is 2.19 bits per heavy atom. The Balaban J connectivity index is 1.92. The number of carbonyl (C=O) groups excluding carboxylic acids is 1. The van der Waals surface area contributed by atoms with Crippen LogP contribution in [0.15, 0.2) is 18.2 Å². The van der Waals surface area contributed by atoms with E-state index < -0.39 is 6.10 Å². The van der Waals surface area contributed by atoms with Crippen molar-refractivity contribution in [3.63, 3.8) is 0 Å². The minimum absolute atomic E-state index is 0.00345. The summed E-state index contributed by atoms with van der Waals surface area (Å²) in [6.07, 6.45) is 1.15. The summed E-state index contributed by atoms with van der Waals surface area (Å²) >= 11 is 0. The highest BCUT2D eigenvalue weighted by atomic mass is 16.5. The summed E-state index contributed by atoms with van der Waals surface area (Å²) in [5, 5.41) is 2.87. The Hall–Kier alpha value is -1.79. The molecule has 1 aliphatic rings. The number of methoxy groups -OCH3 is 2. The van der Waals surface area contributed by atoms with Crippen molar-refractivity contribution in [1.29, 1.82) is 0 Å². The number of carbonyl (C=O) groups is 1. The Morgan fingerprint density at radius 3 is 2.81 bits per heavy atom. The molecule has 0 saturated carbocycles. The van der Waals surface area contributed by atoms with E-state index in [4.69, 9.17) is 19.9 Å². The SMILES string of the molecule is COc1ccc(CNC(=O)C2CCC(CN)O2)c(OC)c1. The van der Waals surface area contributed by atoms with Crippen molar-refractivity contribution >= 4 is 5.91 Å². The molecule has 2 unspecified atom stereocenters. The fraction of sp³-hybridized carbons (Fsp3) is 0.533. The largest absolute Gasteiger partial charge is 0.497 e. The summed E-state index contributed by atoms with van der Waals surface area (Å²) < 4.78 is 16.0. The smallest absolute Gasteiger partial charge is 0.249 e. The quantitative estimate of drug-likeness (QED) is 0.812. The summed E-state index contributed by atoms with van der Waals surface area (Å²) in [7, 11) is 3.19. The molecule has 0 bridgehead atoms. The zero-order chi connectivity index (χ0) is 15.2. The molecule has 3 N–H and O–H groups in total. The molecule has 1 saturated heterocycles. The summed E-state index contributed by atoms with van der Waals surface area (Å²) in [6.45, 7) is 0.842. The molecule has 21 heavy (non-hydrogen) atoms. The molecular weight excluding hydrogens is 272 g/mol. The molecule has 6 nitrogen and oxygen atoms in total. The third-order valence-corrected chi connectivity index (χ3v) is 3.61. The average molecular weight is 294 g/mol. The minimum atomic E-state index is -0.400. The predicted octanol–water partition coefficient (Wildman–Crippen LogP) is 0.826. The van der Waals surface area contributed by atoms with Crippen LogP contribution in [0.1, 0.15) is 18.4 Å². The Bertz CT molecular complexity index is 493. The van der Waals surface area contributed by atoms with Crippen LogP contribution in [0.5, 0.6) is 11.5 Å². The fourth-order valence-electron chi connectivity index (χ4n) is 2.37.